The molecule has 2 atom stereocenters. The average Bonchev–Trinajstić information content (AvgIpc) is 2.61. The summed E-state index contributed by atoms with van der Waals surface area (Å²) in [6.45, 7) is 0.690. The van der Waals surface area contributed by atoms with Gasteiger partial charge in [-0.2, -0.15) is 0 Å². The number of carboxylic acids is 1. The van der Waals surface area contributed by atoms with Crippen molar-refractivity contribution in [3.8, 4) is 0 Å². The van der Waals surface area contributed by atoms with Gasteiger partial charge >= 0.3 is 5.97 Å². The van der Waals surface area contributed by atoms with Crippen LogP contribution in [0.25, 0.3) is 0 Å². The molecule has 0 amide bonds. The van der Waals surface area contributed by atoms with E-state index < -0.39 is 11.9 Å². The third-order valence-corrected chi connectivity index (χ3v) is 3.19. The summed E-state index contributed by atoms with van der Waals surface area (Å²) in [4.78, 5) is 13.0. The Balaban J connectivity index is 2.37. The highest BCUT2D eigenvalue weighted by atomic mass is 19.1. The van der Waals surface area contributed by atoms with Crippen molar-refractivity contribution in [1.29, 1.82) is 0 Å². The van der Waals surface area contributed by atoms with Crippen molar-refractivity contribution in [3.63, 3.8) is 0 Å². The van der Waals surface area contributed by atoms with Crippen LogP contribution in [0.3, 0.4) is 0 Å². The second kappa shape index (κ2) is 4.22. The lowest BCUT2D eigenvalue weighted by atomic mass is 9.93. The Morgan fingerprint density at radius 3 is 2.81 bits per heavy atom. The lowest BCUT2D eigenvalue weighted by Gasteiger charge is -2.23. The summed E-state index contributed by atoms with van der Waals surface area (Å²) in [5.74, 6) is -1.69. The van der Waals surface area contributed by atoms with Crippen LogP contribution in [0.5, 0.6) is 0 Å². The Hall–Kier alpha value is -1.42. The molecule has 1 aliphatic rings. The van der Waals surface area contributed by atoms with Gasteiger partial charge in [0.25, 0.3) is 0 Å². The van der Waals surface area contributed by atoms with Crippen LogP contribution in [-0.2, 0) is 4.79 Å². The van der Waals surface area contributed by atoms with E-state index in [0.717, 1.165) is 0 Å². The molecule has 16 heavy (non-hydrogen) atoms. The van der Waals surface area contributed by atoms with Gasteiger partial charge in [0.2, 0.25) is 0 Å². The number of nitrogens with zero attached hydrogens (tertiary/aromatic N) is 1. The minimum atomic E-state index is -0.849. The minimum absolute atomic E-state index is 0.326. The molecule has 86 valence electrons. The predicted octanol–water partition coefficient (Wildman–Crippen LogP) is 1.90. The molecule has 0 saturated carbocycles. The van der Waals surface area contributed by atoms with Crippen molar-refractivity contribution in [2.24, 2.45) is 5.92 Å². The summed E-state index contributed by atoms with van der Waals surface area (Å²) < 4.78 is 13.6. The zero-order valence-electron chi connectivity index (χ0n) is 9.06. The fourth-order valence-electron chi connectivity index (χ4n) is 2.37. The molecule has 2 rings (SSSR count). The topological polar surface area (TPSA) is 40.5 Å². The molecule has 1 N–H and O–H groups in total. The van der Waals surface area contributed by atoms with Crippen molar-refractivity contribution in [1.82, 2.24) is 4.90 Å². The van der Waals surface area contributed by atoms with E-state index in [1.54, 1.807) is 18.2 Å². The molecule has 1 fully saturated rings. The Kier molecular flexibility index (Phi) is 2.92. The van der Waals surface area contributed by atoms with Gasteiger partial charge in [-0.05, 0) is 26.1 Å². The normalized spacial score (nSPS) is 25.9. The van der Waals surface area contributed by atoms with E-state index in [1.165, 1.54) is 6.07 Å². The van der Waals surface area contributed by atoms with Crippen LogP contribution in [0.2, 0.25) is 0 Å². The SMILES string of the molecule is CN1CC[C@H](C(=O)O)[C@H]1c1ccccc1F. The Morgan fingerprint density at radius 1 is 1.50 bits per heavy atom. The monoisotopic (exact) mass is 223 g/mol. The number of hydrogen-bond acceptors (Lipinski definition) is 2. The highest BCUT2D eigenvalue weighted by molar-refractivity contribution is 5.71. The molecule has 1 aliphatic heterocycles. The highest BCUT2D eigenvalue weighted by Crippen LogP contribution is 2.37. The summed E-state index contributed by atoms with van der Waals surface area (Å²) >= 11 is 0. The second-order valence-electron chi connectivity index (χ2n) is 4.18. The van der Waals surface area contributed by atoms with Gasteiger partial charge in [-0.25, -0.2) is 4.39 Å². The van der Waals surface area contributed by atoms with Crippen molar-refractivity contribution in [2.45, 2.75) is 12.5 Å². The quantitative estimate of drug-likeness (QED) is 0.832. The third-order valence-electron chi connectivity index (χ3n) is 3.19. The van der Waals surface area contributed by atoms with E-state index in [4.69, 9.17) is 5.11 Å². The predicted molar refractivity (Wildman–Crippen MR) is 57.5 cm³/mol. The average molecular weight is 223 g/mol. The van der Waals surface area contributed by atoms with Crippen LogP contribution in [0.4, 0.5) is 4.39 Å². The van der Waals surface area contributed by atoms with Gasteiger partial charge in [0.15, 0.2) is 0 Å². The Labute approximate surface area is 93.5 Å². The zero-order chi connectivity index (χ0) is 11.7. The molecule has 0 aliphatic carbocycles. The number of benzene rings is 1. The molecular weight excluding hydrogens is 209 g/mol. The maximum atomic E-state index is 13.6. The lowest BCUT2D eigenvalue weighted by molar-refractivity contribution is -0.142. The standard InChI is InChI=1S/C12H14FNO2/c1-14-7-6-9(12(15)16)11(14)8-4-2-3-5-10(8)13/h2-5,9,11H,6-7H2,1H3,(H,15,16)/t9-,11+/m0/s1. The molecule has 0 aromatic heterocycles. The van der Waals surface area contributed by atoms with E-state index in [0.29, 0.717) is 18.5 Å². The highest BCUT2D eigenvalue weighted by Gasteiger charge is 2.38. The van der Waals surface area contributed by atoms with E-state index >= 15 is 0 Å². The Bertz CT molecular complexity index is 408. The molecule has 0 radical (unpaired) electrons. The van der Waals surface area contributed by atoms with Crippen LogP contribution >= 0.6 is 0 Å². The summed E-state index contributed by atoms with van der Waals surface area (Å²) in [5.41, 5.74) is 0.481. The number of carboxylic acid groups (broad SMARTS) is 1. The van der Waals surface area contributed by atoms with Crippen molar-refractivity contribution >= 4 is 5.97 Å². The van der Waals surface area contributed by atoms with Crippen LogP contribution in [0.1, 0.15) is 18.0 Å². The molecule has 4 heteroatoms. The molecule has 0 spiro atoms. The van der Waals surface area contributed by atoms with E-state index in [-0.39, 0.29) is 11.9 Å². The first kappa shape index (κ1) is 11.1. The van der Waals surface area contributed by atoms with Crippen molar-refractivity contribution < 1.29 is 14.3 Å². The maximum absolute atomic E-state index is 13.6. The molecule has 1 heterocycles. The summed E-state index contributed by atoms with van der Waals surface area (Å²) in [5, 5.41) is 9.10. The van der Waals surface area contributed by atoms with Gasteiger partial charge in [0.1, 0.15) is 5.82 Å². The Morgan fingerprint density at radius 2 is 2.19 bits per heavy atom. The summed E-state index contributed by atoms with van der Waals surface area (Å²) in [6, 6.07) is 6.05. The number of aliphatic carboxylic acids is 1. The molecule has 1 aromatic carbocycles. The van der Waals surface area contributed by atoms with Gasteiger partial charge in [-0.3, -0.25) is 9.69 Å². The van der Waals surface area contributed by atoms with Crippen molar-refractivity contribution in [3.05, 3.63) is 35.6 Å². The third kappa shape index (κ3) is 1.80. The first-order chi connectivity index (χ1) is 7.61. The van der Waals surface area contributed by atoms with Gasteiger partial charge in [0.05, 0.1) is 12.0 Å². The van der Waals surface area contributed by atoms with Crippen LogP contribution < -0.4 is 0 Å². The van der Waals surface area contributed by atoms with E-state index in [2.05, 4.69) is 0 Å². The largest absolute Gasteiger partial charge is 0.481 e. The summed E-state index contributed by atoms with van der Waals surface area (Å²) in [6.07, 6.45) is 0.574. The van der Waals surface area contributed by atoms with Gasteiger partial charge in [-0.1, -0.05) is 18.2 Å². The van der Waals surface area contributed by atoms with Gasteiger partial charge < -0.3 is 5.11 Å². The van der Waals surface area contributed by atoms with E-state index in [1.807, 2.05) is 11.9 Å². The molecule has 1 saturated heterocycles. The van der Waals surface area contributed by atoms with Crippen LogP contribution in [0.15, 0.2) is 24.3 Å². The minimum Gasteiger partial charge on any atom is -0.481 e. The first-order valence-electron chi connectivity index (χ1n) is 5.28. The van der Waals surface area contributed by atoms with Gasteiger partial charge in [-0.15, -0.1) is 0 Å². The maximum Gasteiger partial charge on any atom is 0.308 e. The number of likely N-dealkylation sites (tertiary alicyclic amines) is 1. The van der Waals surface area contributed by atoms with Crippen molar-refractivity contribution in [2.75, 3.05) is 13.6 Å². The van der Waals surface area contributed by atoms with Crippen LogP contribution in [0, 0.1) is 11.7 Å². The number of carbonyl (C=O) groups is 1. The molecule has 0 bridgehead atoms. The van der Waals surface area contributed by atoms with Crippen LogP contribution in [-0.4, -0.2) is 29.6 Å². The number of rotatable bonds is 2. The molecular formula is C12H14FNO2. The first-order valence-corrected chi connectivity index (χ1v) is 5.28. The number of hydrogen-bond donors (Lipinski definition) is 1. The summed E-state index contributed by atoms with van der Waals surface area (Å²) in [7, 11) is 1.83. The van der Waals surface area contributed by atoms with E-state index in [9.17, 15) is 9.18 Å². The number of halogens is 1. The lowest BCUT2D eigenvalue weighted by Crippen LogP contribution is -2.26. The smallest absolute Gasteiger partial charge is 0.308 e. The molecule has 0 unspecified atom stereocenters. The fraction of sp³-hybridized carbons (Fsp3) is 0.417. The molecule has 3 nitrogen and oxygen atoms in total. The molecule has 1 aromatic rings. The fourth-order valence-corrected chi connectivity index (χ4v) is 2.37. The van der Waals surface area contributed by atoms with Gasteiger partial charge in [0, 0.05) is 5.56 Å². The second-order valence-corrected chi connectivity index (χ2v) is 4.18. The zero-order valence-corrected chi connectivity index (χ0v) is 9.06.